The maximum Gasteiger partial charge on any atom is 0.407 e. The molecule has 0 spiro atoms. The van der Waals surface area contributed by atoms with E-state index in [0.717, 1.165) is 16.2 Å². The van der Waals surface area contributed by atoms with Crippen molar-refractivity contribution in [1.82, 2.24) is 20.5 Å². The van der Waals surface area contributed by atoms with Gasteiger partial charge in [0, 0.05) is 24.1 Å². The zero-order valence-electron chi connectivity index (χ0n) is 20.5. The van der Waals surface area contributed by atoms with Crippen LogP contribution in [0.15, 0.2) is 21.3 Å². The number of ether oxygens (including phenoxy) is 1. The first-order valence-corrected chi connectivity index (χ1v) is 13.4. The summed E-state index contributed by atoms with van der Waals surface area (Å²) in [7, 11) is 0. The predicted octanol–water partition coefficient (Wildman–Crippen LogP) is 1.28. The molecule has 1 fully saturated rings. The summed E-state index contributed by atoms with van der Waals surface area (Å²) in [6, 6.07) is -1.03. The van der Waals surface area contributed by atoms with E-state index in [-0.39, 0.29) is 46.2 Å². The molecule has 3 heterocycles. The Morgan fingerprint density at radius 3 is 2.76 bits per heavy atom. The quantitative estimate of drug-likeness (QED) is 0.0963. The summed E-state index contributed by atoms with van der Waals surface area (Å²) >= 11 is 8.23. The summed E-state index contributed by atoms with van der Waals surface area (Å²) in [4.78, 5) is 70.1. The number of thiazole rings is 1. The van der Waals surface area contributed by atoms with Crippen molar-refractivity contribution in [2.75, 3.05) is 24.2 Å². The van der Waals surface area contributed by atoms with E-state index in [1.807, 2.05) is 0 Å². The Kier molecular flexibility index (Phi) is 9.56. The molecule has 4 N–H and O–H groups in total. The van der Waals surface area contributed by atoms with Crippen molar-refractivity contribution in [2.24, 2.45) is 5.16 Å². The third kappa shape index (κ3) is 7.14. The second-order valence-corrected chi connectivity index (χ2v) is 11.2. The van der Waals surface area contributed by atoms with E-state index in [1.165, 1.54) is 17.1 Å². The molecule has 2 aliphatic rings. The molecule has 14 nitrogen and oxygen atoms in total. The van der Waals surface area contributed by atoms with Crippen molar-refractivity contribution in [3.05, 3.63) is 21.8 Å². The second kappa shape index (κ2) is 12.4. The number of carbonyl (C=O) groups excluding carboxylic acids is 4. The van der Waals surface area contributed by atoms with E-state index in [4.69, 9.17) is 21.2 Å². The molecule has 206 valence electrons. The van der Waals surface area contributed by atoms with Crippen LogP contribution in [0.2, 0.25) is 0 Å². The molecule has 2 atom stereocenters. The molecule has 0 aliphatic carbocycles. The summed E-state index contributed by atoms with van der Waals surface area (Å²) in [6.07, 6.45) is 0.182. The van der Waals surface area contributed by atoms with Gasteiger partial charge in [-0.1, -0.05) is 16.8 Å². The number of aliphatic carboxylic acids is 1. The number of carboxylic acids is 1. The molecule has 0 radical (unpaired) electrons. The average Bonchev–Trinajstić information content (AvgIpc) is 3.28. The van der Waals surface area contributed by atoms with E-state index in [9.17, 15) is 29.1 Å². The Balaban J connectivity index is 1.64. The molecular formula is C21H25ClN6O8S2. The van der Waals surface area contributed by atoms with Gasteiger partial charge >= 0.3 is 12.1 Å². The number of hydrogen-bond donors (Lipinski definition) is 4. The molecule has 1 unspecified atom stereocenters. The number of amides is 4. The summed E-state index contributed by atoms with van der Waals surface area (Å²) in [6.45, 7) is 5.47. The molecule has 4 amide bonds. The zero-order valence-corrected chi connectivity index (χ0v) is 22.9. The molecule has 38 heavy (non-hydrogen) atoms. The van der Waals surface area contributed by atoms with E-state index < -0.39 is 40.9 Å². The van der Waals surface area contributed by atoms with Gasteiger partial charge in [0.1, 0.15) is 35.0 Å². The molecule has 0 saturated carbocycles. The Labute approximate surface area is 230 Å². The molecule has 2 aliphatic heterocycles. The Hall–Kier alpha value is -3.37. The third-order valence-electron chi connectivity index (χ3n) is 4.79. The highest BCUT2D eigenvalue weighted by atomic mass is 35.5. The maximum absolute atomic E-state index is 13.1. The van der Waals surface area contributed by atoms with Crippen molar-refractivity contribution in [3.63, 3.8) is 0 Å². The summed E-state index contributed by atoms with van der Waals surface area (Å²) in [5, 5.41) is 21.8. The number of carbonyl (C=O) groups is 5. The van der Waals surface area contributed by atoms with E-state index in [0.29, 0.717) is 12.8 Å². The first-order valence-electron chi connectivity index (χ1n) is 11.1. The molecule has 17 heteroatoms. The Bertz CT molecular complexity index is 1180. The Morgan fingerprint density at radius 1 is 1.37 bits per heavy atom. The lowest BCUT2D eigenvalue weighted by Gasteiger charge is -2.48. The Morgan fingerprint density at radius 2 is 2.11 bits per heavy atom. The molecule has 1 saturated heterocycles. The number of fused-ring (bicyclic) bond motifs is 1. The van der Waals surface area contributed by atoms with Crippen LogP contribution in [0.4, 0.5) is 9.93 Å². The zero-order chi connectivity index (χ0) is 28.0. The lowest BCUT2D eigenvalue weighted by atomic mass is 10.0. The van der Waals surface area contributed by atoms with Gasteiger partial charge < -0.3 is 30.6 Å². The van der Waals surface area contributed by atoms with Crippen molar-refractivity contribution in [1.29, 1.82) is 0 Å². The van der Waals surface area contributed by atoms with Crippen molar-refractivity contribution >= 4 is 75.8 Å². The largest absolute Gasteiger partial charge is 0.477 e. The minimum absolute atomic E-state index is 0.0238. The van der Waals surface area contributed by atoms with Gasteiger partial charge in [-0.25, -0.2) is 14.6 Å². The van der Waals surface area contributed by atoms with Gasteiger partial charge in [-0.15, -0.1) is 23.1 Å². The first-order chi connectivity index (χ1) is 17.9. The minimum Gasteiger partial charge on any atom is -0.477 e. The number of halogens is 1. The summed E-state index contributed by atoms with van der Waals surface area (Å²) in [5.41, 5.74) is -1.13. The van der Waals surface area contributed by atoms with Gasteiger partial charge in [0.15, 0.2) is 10.8 Å². The number of hydrogen-bond acceptors (Lipinski definition) is 11. The molecule has 0 bridgehead atoms. The SMILES string of the molecule is CC(C)(C)OC(=O)NCCCON=C(C(=O)NC1C(=O)N2C(C(=O)O)=C(Cl)CS[C@H]12)c1csc(NC=O)n1. The molecule has 1 aromatic rings. The fourth-order valence-corrected chi connectivity index (χ4v) is 5.45. The van der Waals surface area contributed by atoms with Gasteiger partial charge in [0.05, 0.1) is 5.03 Å². The van der Waals surface area contributed by atoms with Gasteiger partial charge in [0.2, 0.25) is 6.41 Å². The van der Waals surface area contributed by atoms with Gasteiger partial charge in [-0.2, -0.15) is 0 Å². The minimum atomic E-state index is -1.34. The summed E-state index contributed by atoms with van der Waals surface area (Å²) < 4.78 is 5.13. The molecular weight excluding hydrogens is 564 g/mol. The van der Waals surface area contributed by atoms with Crippen LogP contribution in [0.3, 0.4) is 0 Å². The molecule has 1 aromatic heterocycles. The standard InChI is InChI=1S/C21H25ClN6O8S2/c1-21(2,3)36-20(34)23-5-4-6-35-27-12(11-8-38-19(25-11)24-9-29)15(30)26-13-16(31)28-14(18(32)33)10(22)7-37-17(13)28/h8-9,13,17H,4-7H2,1-3H3,(H,23,34)(H,26,30)(H,32,33)(H,24,25,29)/t13?,17-/m1/s1. The van der Waals surface area contributed by atoms with Crippen LogP contribution < -0.4 is 16.0 Å². The maximum atomic E-state index is 13.1. The van der Waals surface area contributed by atoms with Crippen LogP contribution in [0.5, 0.6) is 0 Å². The predicted molar refractivity (Wildman–Crippen MR) is 139 cm³/mol. The number of alkyl carbamates (subject to hydrolysis) is 1. The van der Waals surface area contributed by atoms with Gasteiger partial charge in [0.25, 0.3) is 11.8 Å². The molecule has 0 aromatic carbocycles. The van der Waals surface area contributed by atoms with Crippen molar-refractivity contribution in [3.8, 4) is 0 Å². The van der Waals surface area contributed by atoms with Crippen molar-refractivity contribution < 1.29 is 38.7 Å². The van der Waals surface area contributed by atoms with Crippen LogP contribution in [0.1, 0.15) is 32.9 Å². The lowest BCUT2D eigenvalue weighted by molar-refractivity contribution is -0.150. The van der Waals surface area contributed by atoms with Crippen molar-refractivity contribution in [2.45, 2.75) is 44.2 Å². The fraction of sp³-hybridized carbons (Fsp3) is 0.476. The number of oxime groups is 1. The number of rotatable bonds is 11. The smallest absolute Gasteiger partial charge is 0.407 e. The van der Waals surface area contributed by atoms with Crippen LogP contribution in [-0.2, 0) is 28.8 Å². The summed E-state index contributed by atoms with van der Waals surface area (Å²) in [5.74, 6) is -2.61. The average molecular weight is 589 g/mol. The van der Waals surface area contributed by atoms with Crippen LogP contribution in [0.25, 0.3) is 0 Å². The number of aromatic nitrogens is 1. The van der Waals surface area contributed by atoms with Gasteiger partial charge in [-0.05, 0) is 20.8 Å². The van der Waals surface area contributed by atoms with E-state index in [1.54, 1.807) is 20.8 Å². The lowest BCUT2D eigenvalue weighted by Crippen LogP contribution is -2.71. The normalized spacial score (nSPS) is 19.2. The highest BCUT2D eigenvalue weighted by Crippen LogP contribution is 2.41. The number of β-lactam (4-membered cyclic amide) rings is 1. The van der Waals surface area contributed by atoms with E-state index >= 15 is 0 Å². The highest BCUT2D eigenvalue weighted by molar-refractivity contribution is 8.00. The number of nitrogens with one attached hydrogen (secondary N) is 3. The number of nitrogens with zero attached hydrogens (tertiary/aromatic N) is 3. The monoisotopic (exact) mass is 588 g/mol. The van der Waals surface area contributed by atoms with E-state index in [2.05, 4.69) is 26.1 Å². The van der Waals surface area contributed by atoms with Crippen LogP contribution >= 0.6 is 34.7 Å². The van der Waals surface area contributed by atoms with Crippen LogP contribution in [0, 0.1) is 0 Å². The number of thioether (sulfide) groups is 1. The first kappa shape index (κ1) is 29.2. The third-order valence-corrected chi connectivity index (χ3v) is 7.32. The highest BCUT2D eigenvalue weighted by Gasteiger charge is 2.54. The fourth-order valence-electron chi connectivity index (χ4n) is 3.25. The number of anilines is 1. The molecule has 3 rings (SSSR count). The van der Waals surface area contributed by atoms with Gasteiger partial charge in [-0.3, -0.25) is 19.3 Å². The number of carboxylic acid groups (broad SMARTS) is 1. The second-order valence-electron chi connectivity index (χ2n) is 8.78. The van der Waals surface area contributed by atoms with Crippen LogP contribution in [-0.4, -0.2) is 86.9 Å². The topological polar surface area (TPSA) is 189 Å².